The molecule has 2 unspecified atom stereocenters. The predicted molar refractivity (Wildman–Crippen MR) is 120 cm³/mol. The number of rotatable bonds is 22. The van der Waals surface area contributed by atoms with Gasteiger partial charge in [-0.25, -0.2) is 0 Å². The molecule has 0 saturated carbocycles. The van der Waals surface area contributed by atoms with Crippen LogP contribution in [0, 0.1) is 11.8 Å². The third-order valence-corrected chi connectivity index (χ3v) is 5.16. The summed E-state index contributed by atoms with van der Waals surface area (Å²) in [5.74, 6) is -3.58. The molecule has 0 aliphatic heterocycles. The number of carbonyl (C=O) groups is 5. The number of carboxylic acid groups (broad SMARTS) is 2. The minimum atomic E-state index is -1.00. The maximum absolute atomic E-state index is 12.0. The van der Waals surface area contributed by atoms with Gasteiger partial charge in [0.05, 0.1) is 31.7 Å². The Morgan fingerprint density at radius 1 is 0.818 bits per heavy atom. The first-order valence-corrected chi connectivity index (χ1v) is 11.6. The van der Waals surface area contributed by atoms with E-state index in [4.69, 9.17) is 14.6 Å². The van der Waals surface area contributed by atoms with Crippen molar-refractivity contribution in [1.82, 2.24) is 5.32 Å². The van der Waals surface area contributed by atoms with Crippen molar-refractivity contribution in [3.63, 3.8) is 0 Å². The summed E-state index contributed by atoms with van der Waals surface area (Å²) in [7, 11) is 0. The fourth-order valence-electron chi connectivity index (χ4n) is 2.94. The first-order valence-electron chi connectivity index (χ1n) is 11.6. The summed E-state index contributed by atoms with van der Waals surface area (Å²) in [6, 6.07) is 0. The van der Waals surface area contributed by atoms with Gasteiger partial charge in [0.1, 0.15) is 12.4 Å². The largest absolute Gasteiger partial charge is 0.481 e. The number of ketones is 2. The van der Waals surface area contributed by atoms with E-state index in [1.807, 2.05) is 6.92 Å². The number of carboxylic acids is 2. The summed E-state index contributed by atoms with van der Waals surface area (Å²) in [6.07, 6.45) is 3.91. The molecule has 0 heterocycles. The molecule has 0 rings (SSSR count). The minimum absolute atomic E-state index is 0.0867. The number of hydrogen-bond donors (Lipinski definition) is 3. The van der Waals surface area contributed by atoms with Crippen LogP contribution >= 0.6 is 0 Å². The number of nitrogens with one attached hydrogen (secondary N) is 1. The maximum Gasteiger partial charge on any atom is 0.306 e. The lowest BCUT2D eigenvalue weighted by Gasteiger charge is -2.12. The topological polar surface area (TPSA) is 156 Å². The second-order valence-corrected chi connectivity index (χ2v) is 8.06. The van der Waals surface area contributed by atoms with Crippen LogP contribution in [0.1, 0.15) is 71.6 Å². The Balaban J connectivity index is 3.77. The van der Waals surface area contributed by atoms with E-state index in [2.05, 4.69) is 5.32 Å². The van der Waals surface area contributed by atoms with Crippen molar-refractivity contribution < 1.29 is 43.7 Å². The van der Waals surface area contributed by atoms with Gasteiger partial charge in [0.25, 0.3) is 0 Å². The first-order chi connectivity index (χ1) is 15.7. The number of unbranched alkanes of at least 4 members (excludes halogenated alkanes) is 2. The number of carbonyl (C=O) groups excluding carboxylic acids is 3. The van der Waals surface area contributed by atoms with Crippen molar-refractivity contribution in [2.24, 2.45) is 11.8 Å². The average molecular weight is 474 g/mol. The van der Waals surface area contributed by atoms with Crippen molar-refractivity contribution in [3.8, 4) is 0 Å². The van der Waals surface area contributed by atoms with Gasteiger partial charge in [0.15, 0.2) is 5.78 Å². The van der Waals surface area contributed by atoms with Gasteiger partial charge in [-0.3, -0.25) is 24.0 Å². The van der Waals surface area contributed by atoms with Crippen LogP contribution in [0.25, 0.3) is 0 Å². The Bertz CT molecular complexity index is 621. The van der Waals surface area contributed by atoms with Crippen molar-refractivity contribution >= 4 is 29.4 Å². The van der Waals surface area contributed by atoms with Crippen molar-refractivity contribution in [2.75, 3.05) is 33.0 Å². The molecule has 0 radical (unpaired) electrons. The molecule has 10 nitrogen and oxygen atoms in total. The first kappa shape index (κ1) is 30.7. The van der Waals surface area contributed by atoms with Crippen LogP contribution in [0.15, 0.2) is 0 Å². The summed E-state index contributed by atoms with van der Waals surface area (Å²) < 4.78 is 10.5. The van der Waals surface area contributed by atoms with Gasteiger partial charge in [-0.2, -0.15) is 0 Å². The van der Waals surface area contributed by atoms with Crippen LogP contribution in [0.2, 0.25) is 0 Å². The van der Waals surface area contributed by atoms with Crippen molar-refractivity contribution in [2.45, 2.75) is 71.6 Å². The number of aliphatic carboxylic acids is 2. The highest BCUT2D eigenvalue weighted by molar-refractivity contribution is 5.84. The quantitative estimate of drug-likeness (QED) is 0.201. The Labute approximate surface area is 195 Å². The SMILES string of the molecule is CCC(=O)CCCCCC(CC(=O)COCCOCCNC(=O)CCC(C)C(=O)O)C(=O)O. The molecule has 190 valence electrons. The second-order valence-electron chi connectivity index (χ2n) is 8.06. The van der Waals surface area contributed by atoms with E-state index >= 15 is 0 Å². The maximum atomic E-state index is 12.0. The Morgan fingerprint density at radius 2 is 1.52 bits per heavy atom. The molecule has 3 N–H and O–H groups in total. The summed E-state index contributed by atoms with van der Waals surface area (Å²) in [5.41, 5.74) is 0. The second kappa shape index (κ2) is 19.2. The Morgan fingerprint density at radius 3 is 2.15 bits per heavy atom. The van der Waals surface area contributed by atoms with Crippen LogP contribution in [0.3, 0.4) is 0 Å². The number of ether oxygens (including phenoxy) is 2. The monoisotopic (exact) mass is 473 g/mol. The molecule has 1 amide bonds. The predicted octanol–water partition coefficient (Wildman–Crippen LogP) is 2.23. The molecule has 0 bridgehead atoms. The fraction of sp³-hybridized carbons (Fsp3) is 0.783. The van der Waals surface area contributed by atoms with E-state index in [-0.39, 0.29) is 69.7 Å². The molecule has 2 atom stereocenters. The van der Waals surface area contributed by atoms with Gasteiger partial charge in [-0.1, -0.05) is 26.7 Å². The van der Waals surface area contributed by atoms with Gasteiger partial charge >= 0.3 is 11.9 Å². The van der Waals surface area contributed by atoms with Gasteiger partial charge < -0.3 is 25.0 Å². The zero-order chi connectivity index (χ0) is 25.1. The number of Topliss-reactive ketones (excluding diaryl/α,β-unsaturated/α-hetero) is 2. The van der Waals surface area contributed by atoms with Crippen LogP contribution in [0.4, 0.5) is 0 Å². The van der Waals surface area contributed by atoms with E-state index in [1.54, 1.807) is 6.92 Å². The lowest BCUT2D eigenvalue weighted by molar-refractivity contribution is -0.144. The highest BCUT2D eigenvalue weighted by Crippen LogP contribution is 2.16. The minimum Gasteiger partial charge on any atom is -0.481 e. The third-order valence-electron chi connectivity index (χ3n) is 5.16. The normalized spacial score (nSPS) is 12.7. The molecule has 33 heavy (non-hydrogen) atoms. The standard InChI is InChI=1S/C23H39NO9/c1-3-19(25)8-6-4-5-7-18(23(30)31)15-20(26)16-33-14-13-32-12-11-24-21(27)10-9-17(2)22(28)29/h17-18H,3-16H2,1-2H3,(H,24,27)(H,28,29)(H,30,31). The number of hydrogen-bond acceptors (Lipinski definition) is 7. The van der Waals surface area contributed by atoms with Crippen molar-refractivity contribution in [3.05, 3.63) is 0 Å². The lowest BCUT2D eigenvalue weighted by atomic mass is 9.95. The fourth-order valence-corrected chi connectivity index (χ4v) is 2.94. The smallest absolute Gasteiger partial charge is 0.306 e. The molecule has 0 aliphatic carbocycles. The van der Waals surface area contributed by atoms with Crippen LogP contribution in [-0.4, -0.2) is 72.6 Å². The van der Waals surface area contributed by atoms with Gasteiger partial charge in [-0.15, -0.1) is 0 Å². The zero-order valence-corrected chi connectivity index (χ0v) is 19.8. The van der Waals surface area contributed by atoms with Crippen LogP contribution < -0.4 is 5.32 Å². The summed E-state index contributed by atoms with van der Waals surface area (Å²) in [6.45, 7) is 4.10. The molecule has 0 aromatic rings. The zero-order valence-electron chi connectivity index (χ0n) is 19.8. The molecule has 0 aromatic heterocycles. The Hall–Kier alpha value is -2.33. The number of amides is 1. The molecular formula is C23H39NO9. The lowest BCUT2D eigenvalue weighted by Crippen LogP contribution is -2.28. The third kappa shape index (κ3) is 17.9. The van der Waals surface area contributed by atoms with Crippen molar-refractivity contribution in [1.29, 1.82) is 0 Å². The van der Waals surface area contributed by atoms with E-state index in [9.17, 15) is 29.1 Å². The van der Waals surface area contributed by atoms with E-state index < -0.39 is 23.8 Å². The molecule has 0 aromatic carbocycles. The van der Waals surface area contributed by atoms with Gasteiger partial charge in [0.2, 0.25) is 5.91 Å². The average Bonchev–Trinajstić information content (AvgIpc) is 2.77. The molecular weight excluding hydrogens is 434 g/mol. The van der Waals surface area contributed by atoms with E-state index in [0.717, 1.165) is 12.8 Å². The van der Waals surface area contributed by atoms with E-state index in [1.165, 1.54) is 0 Å². The summed E-state index contributed by atoms with van der Waals surface area (Å²) >= 11 is 0. The van der Waals surface area contributed by atoms with Gasteiger partial charge in [-0.05, 0) is 19.3 Å². The molecule has 0 fully saturated rings. The van der Waals surface area contributed by atoms with Crippen LogP contribution in [0.5, 0.6) is 0 Å². The molecule has 0 saturated heterocycles. The molecule has 0 spiro atoms. The highest BCUT2D eigenvalue weighted by atomic mass is 16.5. The highest BCUT2D eigenvalue weighted by Gasteiger charge is 2.20. The van der Waals surface area contributed by atoms with Gasteiger partial charge in [0, 0.05) is 32.2 Å². The van der Waals surface area contributed by atoms with E-state index in [0.29, 0.717) is 25.7 Å². The summed E-state index contributed by atoms with van der Waals surface area (Å²) in [5, 5.41) is 20.7. The Kier molecular flexibility index (Phi) is 17.8. The summed E-state index contributed by atoms with van der Waals surface area (Å²) in [4.78, 5) is 56.9. The van der Waals surface area contributed by atoms with Crippen LogP contribution in [-0.2, 0) is 33.4 Å². The molecule has 0 aliphatic rings. The molecule has 10 heteroatoms.